The third-order valence-electron chi connectivity index (χ3n) is 2.05. The number of fused-ring (bicyclic) bond motifs is 1. The first-order valence-corrected chi connectivity index (χ1v) is 5.11. The van der Waals surface area contributed by atoms with Gasteiger partial charge in [0.15, 0.2) is 5.65 Å². The van der Waals surface area contributed by atoms with Crippen molar-refractivity contribution in [2.45, 2.75) is 19.8 Å². The second-order valence-electron chi connectivity index (χ2n) is 3.41. The molecule has 0 spiro atoms. The molecule has 0 aliphatic heterocycles. The third-order valence-corrected chi connectivity index (χ3v) is 2.66. The van der Waals surface area contributed by atoms with Gasteiger partial charge >= 0.3 is 0 Å². The van der Waals surface area contributed by atoms with E-state index in [1.54, 1.807) is 0 Å². The van der Waals surface area contributed by atoms with E-state index >= 15 is 0 Å². The van der Waals surface area contributed by atoms with Gasteiger partial charge in [-0.05, 0) is 34.0 Å². The number of nitrogens with zero attached hydrogens (tertiary/aromatic N) is 2. The van der Waals surface area contributed by atoms with Crippen LogP contribution < -0.4 is 0 Å². The smallest absolute Gasteiger partial charge is 0.151 e. The summed E-state index contributed by atoms with van der Waals surface area (Å²) in [6, 6.07) is 4.01. The summed E-state index contributed by atoms with van der Waals surface area (Å²) in [4.78, 5) is 4.53. The Morgan fingerprint density at radius 3 is 2.85 bits per heavy atom. The molecule has 0 atom stereocenters. The Labute approximate surface area is 85.7 Å². The Morgan fingerprint density at radius 1 is 1.46 bits per heavy atom. The number of aromatic nitrogens is 2. The maximum atomic E-state index is 4.53. The molecule has 0 amide bonds. The zero-order valence-corrected chi connectivity index (χ0v) is 9.25. The minimum absolute atomic E-state index is 0.479. The van der Waals surface area contributed by atoms with Gasteiger partial charge in [0.05, 0.1) is 10.2 Å². The lowest BCUT2D eigenvalue weighted by atomic mass is 10.2. The molecule has 2 nitrogen and oxygen atoms in total. The quantitative estimate of drug-likeness (QED) is 0.746. The van der Waals surface area contributed by atoms with Gasteiger partial charge in [-0.15, -0.1) is 0 Å². The Morgan fingerprint density at radius 2 is 2.23 bits per heavy atom. The fourth-order valence-electron chi connectivity index (χ4n) is 1.28. The normalized spacial score (nSPS) is 11.4. The summed E-state index contributed by atoms with van der Waals surface area (Å²) in [6.45, 7) is 4.30. The zero-order valence-electron chi connectivity index (χ0n) is 7.66. The molecule has 0 unspecified atom stereocenters. The summed E-state index contributed by atoms with van der Waals surface area (Å²) in [5.41, 5.74) is 2.12. The van der Waals surface area contributed by atoms with E-state index in [1.165, 1.54) is 0 Å². The van der Waals surface area contributed by atoms with Gasteiger partial charge in [0.1, 0.15) is 0 Å². The third kappa shape index (κ3) is 1.48. The minimum Gasteiger partial charge on any atom is -0.306 e. The van der Waals surface area contributed by atoms with Gasteiger partial charge in [-0.2, -0.15) is 0 Å². The summed E-state index contributed by atoms with van der Waals surface area (Å²) >= 11 is 3.48. The van der Waals surface area contributed by atoms with Gasteiger partial charge in [-0.1, -0.05) is 13.8 Å². The highest BCUT2D eigenvalue weighted by molar-refractivity contribution is 9.10. The van der Waals surface area contributed by atoms with Crippen LogP contribution in [0.15, 0.2) is 29.0 Å². The van der Waals surface area contributed by atoms with Crippen LogP contribution >= 0.6 is 15.9 Å². The highest BCUT2D eigenvalue weighted by Gasteiger charge is 2.06. The number of rotatable bonds is 1. The molecule has 0 aromatic carbocycles. The molecular weight excluding hydrogens is 228 g/mol. The van der Waals surface area contributed by atoms with Crippen molar-refractivity contribution in [1.29, 1.82) is 0 Å². The fraction of sp³-hybridized carbons (Fsp3) is 0.300. The van der Waals surface area contributed by atoms with E-state index in [9.17, 15) is 0 Å². The van der Waals surface area contributed by atoms with E-state index in [1.807, 2.05) is 22.7 Å². The molecule has 0 fully saturated rings. The summed E-state index contributed by atoms with van der Waals surface area (Å²) < 4.78 is 3.08. The maximum Gasteiger partial charge on any atom is 0.151 e. The highest BCUT2D eigenvalue weighted by atomic mass is 79.9. The summed E-state index contributed by atoms with van der Waals surface area (Å²) in [5.74, 6) is 0.479. The molecular formula is C10H11BrN2. The molecule has 3 heteroatoms. The molecule has 0 radical (unpaired) electrons. The molecule has 0 aliphatic carbocycles. The molecule has 2 aromatic heterocycles. The summed E-state index contributed by atoms with van der Waals surface area (Å²) in [6.07, 6.45) is 4.09. The van der Waals surface area contributed by atoms with Crippen molar-refractivity contribution < 1.29 is 0 Å². The Bertz CT molecular complexity index is 431. The van der Waals surface area contributed by atoms with E-state index in [2.05, 4.69) is 41.0 Å². The molecule has 2 rings (SSSR count). The molecule has 0 N–H and O–H groups in total. The van der Waals surface area contributed by atoms with E-state index in [4.69, 9.17) is 0 Å². The Hall–Kier alpha value is -0.830. The average Bonchev–Trinajstić information content (AvgIpc) is 2.49. The monoisotopic (exact) mass is 238 g/mol. The van der Waals surface area contributed by atoms with Gasteiger partial charge < -0.3 is 4.40 Å². The minimum atomic E-state index is 0.479. The molecule has 2 aromatic rings. The Kier molecular flexibility index (Phi) is 2.12. The van der Waals surface area contributed by atoms with Gasteiger partial charge in [0.2, 0.25) is 0 Å². The topological polar surface area (TPSA) is 17.3 Å². The second kappa shape index (κ2) is 3.14. The van der Waals surface area contributed by atoms with Crippen LogP contribution in [-0.2, 0) is 0 Å². The zero-order chi connectivity index (χ0) is 9.42. The summed E-state index contributed by atoms with van der Waals surface area (Å²) in [7, 11) is 0. The number of halogens is 1. The predicted molar refractivity (Wildman–Crippen MR) is 57.0 cm³/mol. The van der Waals surface area contributed by atoms with E-state index in [0.717, 1.165) is 15.8 Å². The number of imidazole rings is 1. The van der Waals surface area contributed by atoms with E-state index < -0.39 is 0 Å². The van der Waals surface area contributed by atoms with Crippen molar-refractivity contribution in [3.05, 3.63) is 34.7 Å². The number of pyridine rings is 1. The van der Waals surface area contributed by atoms with Crippen molar-refractivity contribution in [3.8, 4) is 0 Å². The van der Waals surface area contributed by atoms with Crippen LogP contribution in [0, 0.1) is 0 Å². The number of hydrogen-bond acceptors (Lipinski definition) is 1. The maximum absolute atomic E-state index is 4.53. The van der Waals surface area contributed by atoms with Crippen molar-refractivity contribution in [2.24, 2.45) is 0 Å². The van der Waals surface area contributed by atoms with Crippen LogP contribution in [0.5, 0.6) is 0 Å². The van der Waals surface area contributed by atoms with Crippen molar-refractivity contribution in [1.82, 2.24) is 9.38 Å². The van der Waals surface area contributed by atoms with Crippen LogP contribution in [0.3, 0.4) is 0 Å². The van der Waals surface area contributed by atoms with Crippen LogP contribution in [-0.4, -0.2) is 9.38 Å². The van der Waals surface area contributed by atoms with Crippen LogP contribution in [0.25, 0.3) is 5.65 Å². The van der Waals surface area contributed by atoms with Crippen molar-refractivity contribution >= 4 is 21.6 Å². The van der Waals surface area contributed by atoms with E-state index in [0.29, 0.717) is 5.92 Å². The second-order valence-corrected chi connectivity index (χ2v) is 4.26. The SMILES string of the molecule is CC(C)c1cn2cccc(Br)c2n1. The highest BCUT2D eigenvalue weighted by Crippen LogP contribution is 2.20. The van der Waals surface area contributed by atoms with Crippen LogP contribution in [0.1, 0.15) is 25.5 Å². The average molecular weight is 239 g/mol. The molecule has 68 valence electrons. The standard InChI is InChI=1S/C10H11BrN2/c1-7(2)9-6-13-5-3-4-8(11)10(13)12-9/h3-7H,1-2H3. The fourth-order valence-corrected chi connectivity index (χ4v) is 1.72. The van der Waals surface area contributed by atoms with Crippen LogP contribution in [0.4, 0.5) is 0 Å². The first-order chi connectivity index (χ1) is 6.18. The molecule has 0 aliphatic rings. The molecule has 0 bridgehead atoms. The molecule has 0 saturated heterocycles. The van der Waals surface area contributed by atoms with Gasteiger partial charge in [-0.25, -0.2) is 4.98 Å². The van der Waals surface area contributed by atoms with Gasteiger partial charge in [-0.3, -0.25) is 0 Å². The molecule has 0 saturated carbocycles. The van der Waals surface area contributed by atoms with E-state index in [-0.39, 0.29) is 0 Å². The molecule has 2 heterocycles. The largest absolute Gasteiger partial charge is 0.306 e. The van der Waals surface area contributed by atoms with Gasteiger partial charge in [0, 0.05) is 12.4 Å². The Balaban J connectivity index is 2.68. The first kappa shape index (κ1) is 8.75. The lowest BCUT2D eigenvalue weighted by Gasteiger charge is -1.94. The predicted octanol–water partition coefficient (Wildman–Crippen LogP) is 3.22. The van der Waals surface area contributed by atoms with Crippen LogP contribution in [0.2, 0.25) is 0 Å². The molecule has 13 heavy (non-hydrogen) atoms. The van der Waals surface area contributed by atoms with Crippen molar-refractivity contribution in [2.75, 3.05) is 0 Å². The van der Waals surface area contributed by atoms with Crippen molar-refractivity contribution in [3.63, 3.8) is 0 Å². The lowest BCUT2D eigenvalue weighted by Crippen LogP contribution is -1.84. The lowest BCUT2D eigenvalue weighted by molar-refractivity contribution is 0.834. The summed E-state index contributed by atoms with van der Waals surface area (Å²) in [5, 5.41) is 0. The number of hydrogen-bond donors (Lipinski definition) is 0. The van der Waals surface area contributed by atoms with Gasteiger partial charge in [0.25, 0.3) is 0 Å². The first-order valence-electron chi connectivity index (χ1n) is 4.31.